The fraction of sp³-hybridized carbons (Fsp3) is 0.516. The summed E-state index contributed by atoms with van der Waals surface area (Å²) in [6, 6.07) is 44.3. The molecule has 8 aromatic rings. The molecule has 0 aromatic heterocycles. The van der Waals surface area contributed by atoms with Crippen molar-refractivity contribution in [1.29, 1.82) is 0 Å². The van der Waals surface area contributed by atoms with Crippen molar-refractivity contribution in [2.24, 2.45) is 0 Å². The second-order valence-corrected chi connectivity index (χ2v) is 38.8. The summed E-state index contributed by atoms with van der Waals surface area (Å²) >= 11 is 0. The van der Waals surface area contributed by atoms with E-state index in [4.69, 9.17) is 18.9 Å². The molecule has 2 aliphatic rings. The van der Waals surface area contributed by atoms with E-state index in [2.05, 4.69) is 327 Å². The van der Waals surface area contributed by atoms with Gasteiger partial charge in [-0.15, -0.1) is 0 Å². The molecule has 0 amide bonds. The zero-order valence-corrected chi connectivity index (χ0v) is 69.1. The van der Waals surface area contributed by atoms with E-state index < -0.39 is 0 Å². The van der Waals surface area contributed by atoms with E-state index in [1.54, 1.807) is 0 Å². The highest BCUT2D eigenvalue weighted by Crippen LogP contribution is 2.61. The Kier molecular flexibility index (Phi) is 20.1. The largest absolute Gasteiger partial charge is 0.496 e. The number of methoxy groups -OCH3 is 4. The first-order valence-corrected chi connectivity index (χ1v) is 37.7. The fourth-order valence-electron chi connectivity index (χ4n) is 17.0. The smallest absolute Gasteiger partial charge is 0.126 e. The maximum absolute atomic E-state index is 6.52. The van der Waals surface area contributed by atoms with Gasteiger partial charge >= 0.3 is 0 Å². The van der Waals surface area contributed by atoms with E-state index in [9.17, 15) is 0 Å². The number of aryl methyl sites for hydroxylation is 2. The van der Waals surface area contributed by atoms with E-state index in [0.29, 0.717) is 6.67 Å². The molecule has 0 spiro atoms. The van der Waals surface area contributed by atoms with Crippen LogP contribution in [0, 0.1) is 13.8 Å². The molecule has 1 fully saturated rings. The Morgan fingerprint density at radius 1 is 0.307 bits per heavy atom. The number of hydrogen-bond donors (Lipinski definition) is 0. The quantitative estimate of drug-likeness (QED) is 0.108. The number of anilines is 2. The van der Waals surface area contributed by atoms with Crippen LogP contribution in [-0.4, -0.2) is 35.1 Å². The molecule has 6 atom stereocenters. The topological polar surface area (TPSA) is 43.4 Å². The zero-order chi connectivity index (χ0) is 75.0. The molecule has 10 rings (SSSR count). The number of ether oxygens (including phenoxy) is 4. The summed E-state index contributed by atoms with van der Waals surface area (Å²) in [7, 11) is 7.44. The lowest BCUT2D eigenvalue weighted by Gasteiger charge is -2.37. The summed E-state index contributed by atoms with van der Waals surface area (Å²) < 4.78 is 26.1. The van der Waals surface area contributed by atoms with Gasteiger partial charge in [-0.1, -0.05) is 314 Å². The number of fused-ring (bicyclic) bond motifs is 3. The summed E-state index contributed by atoms with van der Waals surface area (Å²) in [6.07, 6.45) is 0. The number of nitrogens with zero attached hydrogens (tertiary/aromatic N) is 2. The van der Waals surface area contributed by atoms with Crippen LogP contribution in [0.1, 0.15) is 341 Å². The van der Waals surface area contributed by atoms with Gasteiger partial charge in [-0.25, -0.2) is 0 Å². The molecule has 0 radical (unpaired) electrons. The average molecular weight is 1360 g/mol. The van der Waals surface area contributed by atoms with Crippen LogP contribution in [0.15, 0.2) is 109 Å². The molecule has 1 saturated heterocycles. The number of rotatable bonds is 14. The van der Waals surface area contributed by atoms with Gasteiger partial charge in [0.1, 0.15) is 23.0 Å². The average Bonchev–Trinajstić information content (AvgIpc) is 1.54. The van der Waals surface area contributed by atoms with Gasteiger partial charge in [0, 0.05) is 79.6 Å². The summed E-state index contributed by atoms with van der Waals surface area (Å²) in [5, 5.41) is 2.65. The molecule has 0 N–H and O–H groups in total. The molecule has 1 heterocycles. The molecule has 101 heavy (non-hydrogen) atoms. The second kappa shape index (κ2) is 26.5. The Labute approximate surface area is 612 Å². The highest BCUT2D eigenvalue weighted by molar-refractivity contribution is 5.95. The van der Waals surface area contributed by atoms with Crippen molar-refractivity contribution in [1.82, 2.24) is 0 Å². The van der Waals surface area contributed by atoms with Crippen LogP contribution in [-0.2, 0) is 43.3 Å². The van der Waals surface area contributed by atoms with E-state index in [-0.39, 0.29) is 79.1 Å². The van der Waals surface area contributed by atoms with Crippen LogP contribution >= 0.6 is 0 Å². The SMILES string of the molecule is COc1c(C(C)(C)C)cc([C@@H](C)c2cc(C)cc([C@H](C)c3cc(C(C)(C)C)c(OC)c(C(C)(C)C)c3)c2N2CN(c3c([C@H](C)c4cc(C(C)(C)C)c(OC)c(C(C)(C)C)c4)cc(C)cc3[C@H](C)c3cc(C(C)(C)C)c(OC)c(C(C)(C)C)c3)C3c4cccc5cccc(c45)C32)cc1C(C)(C)C. The molecule has 0 saturated carbocycles. The van der Waals surface area contributed by atoms with E-state index in [1.807, 2.05) is 28.4 Å². The van der Waals surface area contributed by atoms with Gasteiger partial charge in [0.2, 0.25) is 0 Å². The molecule has 2 unspecified atom stereocenters. The Morgan fingerprint density at radius 3 is 0.683 bits per heavy atom. The van der Waals surface area contributed by atoms with Crippen LogP contribution in [0.2, 0.25) is 0 Å². The van der Waals surface area contributed by atoms with Crippen molar-refractivity contribution < 1.29 is 18.9 Å². The minimum atomic E-state index is -0.197. The third-order valence-corrected chi connectivity index (χ3v) is 22.7. The summed E-state index contributed by atoms with van der Waals surface area (Å²) in [5.41, 5.74) is 26.7. The molecule has 6 heteroatoms. The molecular formula is C95H128N2O4. The van der Waals surface area contributed by atoms with Gasteiger partial charge in [0.25, 0.3) is 0 Å². The van der Waals surface area contributed by atoms with Crippen LogP contribution < -0.4 is 28.7 Å². The third-order valence-electron chi connectivity index (χ3n) is 22.7. The summed E-state index contributed by atoms with van der Waals surface area (Å²) in [5.74, 6) is 3.80. The van der Waals surface area contributed by atoms with Gasteiger partial charge in [0.05, 0.1) is 47.2 Å². The van der Waals surface area contributed by atoms with Crippen LogP contribution in [0.25, 0.3) is 10.8 Å². The van der Waals surface area contributed by atoms with Gasteiger partial charge in [-0.2, -0.15) is 0 Å². The minimum absolute atomic E-state index is 0.0408. The standard InChI is InChI=1S/C95H128N2O4/c1-54-41-67(56(3)61-45-71(88(7,8)9)84(98-31)72(46-61)89(10,11)12)80(68(42-54)57(4)62-47-73(90(13,14)15)85(99-32)74(48-62)91(16,17)18)96-53-97(83-66-40-36-38-60-37-35-39-65(79(60)66)82(83)96)81-69(58(5)63-49-75(92(19,20)21)86(100-33)76(50-63)93(22,23)24)43-55(2)44-70(81)59(6)64-51-77(94(25,26)27)87(101-34)78(52-64)95(28,29)30/h35-52,56-59,82-83H,53H2,1-34H3/t56-,57-,58-,59-,82?,83?/m1/s1. The molecule has 542 valence electrons. The fourth-order valence-corrected chi connectivity index (χ4v) is 17.0. The summed E-state index contributed by atoms with van der Waals surface area (Å²) in [6.45, 7) is 71.4. The van der Waals surface area contributed by atoms with Gasteiger partial charge < -0.3 is 28.7 Å². The molecule has 1 aliphatic carbocycles. The predicted octanol–water partition coefficient (Wildman–Crippen LogP) is 25.6. The van der Waals surface area contributed by atoms with E-state index >= 15 is 0 Å². The Balaban J connectivity index is 1.38. The third kappa shape index (κ3) is 14.1. The Bertz CT molecular complexity index is 3820. The van der Waals surface area contributed by atoms with E-state index in [1.165, 1.54) is 133 Å². The summed E-state index contributed by atoms with van der Waals surface area (Å²) in [4.78, 5) is 5.84. The van der Waals surface area contributed by atoms with Crippen molar-refractivity contribution in [3.05, 3.63) is 220 Å². The maximum Gasteiger partial charge on any atom is 0.126 e. The highest BCUT2D eigenvalue weighted by Gasteiger charge is 2.51. The lowest BCUT2D eigenvalue weighted by molar-refractivity contribution is 0.380. The Morgan fingerprint density at radius 2 is 0.505 bits per heavy atom. The first kappa shape index (κ1) is 76.5. The molecule has 8 aromatic carbocycles. The van der Waals surface area contributed by atoms with Crippen molar-refractivity contribution >= 4 is 22.1 Å². The van der Waals surface area contributed by atoms with Gasteiger partial charge in [0.15, 0.2) is 0 Å². The van der Waals surface area contributed by atoms with Crippen LogP contribution in [0.3, 0.4) is 0 Å². The minimum Gasteiger partial charge on any atom is -0.496 e. The van der Waals surface area contributed by atoms with Gasteiger partial charge in [-0.3, -0.25) is 0 Å². The lowest BCUT2D eigenvalue weighted by atomic mass is 9.75. The molecule has 0 bridgehead atoms. The van der Waals surface area contributed by atoms with Crippen molar-refractivity contribution in [2.45, 2.75) is 287 Å². The Hall–Kier alpha value is -7.18. The maximum atomic E-state index is 6.52. The molecular weight excluding hydrogens is 1230 g/mol. The van der Waals surface area contributed by atoms with Crippen LogP contribution in [0.5, 0.6) is 23.0 Å². The molecule has 6 nitrogen and oxygen atoms in total. The monoisotopic (exact) mass is 1360 g/mol. The van der Waals surface area contributed by atoms with Crippen molar-refractivity contribution in [3.8, 4) is 23.0 Å². The number of hydrogen-bond acceptors (Lipinski definition) is 6. The first-order chi connectivity index (χ1) is 46.5. The lowest BCUT2D eigenvalue weighted by Crippen LogP contribution is -2.31. The second-order valence-electron chi connectivity index (χ2n) is 38.8. The number of benzene rings is 8. The highest BCUT2D eigenvalue weighted by atomic mass is 16.5. The van der Waals surface area contributed by atoms with E-state index in [0.717, 1.165) is 23.0 Å². The van der Waals surface area contributed by atoms with Crippen molar-refractivity contribution in [2.75, 3.05) is 44.9 Å². The zero-order valence-electron chi connectivity index (χ0n) is 69.1. The van der Waals surface area contributed by atoms with Crippen molar-refractivity contribution in [3.63, 3.8) is 0 Å². The first-order valence-electron chi connectivity index (χ1n) is 37.7. The van der Waals surface area contributed by atoms with Gasteiger partial charge in [-0.05, 0) is 124 Å². The predicted molar refractivity (Wildman–Crippen MR) is 433 cm³/mol. The van der Waals surface area contributed by atoms with Crippen LogP contribution in [0.4, 0.5) is 11.4 Å². The molecule has 1 aliphatic heterocycles. The normalized spacial score (nSPS) is 16.8.